The van der Waals surface area contributed by atoms with Crippen LogP contribution in [-0.2, 0) is 32.7 Å². The number of carbonyl (C=O) groups is 2. The number of ether oxygens (including phenoxy) is 2. The molecule has 0 aromatic carbocycles. The van der Waals surface area contributed by atoms with Gasteiger partial charge in [-0.1, -0.05) is 225 Å². The monoisotopic (exact) mass is 1080 g/mol. The molecule has 0 saturated carbocycles. The Bertz CT molecular complexity index is 1740. The van der Waals surface area contributed by atoms with Crippen LogP contribution in [0.3, 0.4) is 0 Å². The maximum absolute atomic E-state index is 12.8. The Morgan fingerprint density at radius 2 is 0.750 bits per heavy atom. The first-order valence-electron chi connectivity index (χ1n) is 29.9. The fourth-order valence-corrected chi connectivity index (χ4v) is 8.29. The van der Waals surface area contributed by atoms with E-state index in [1.54, 1.807) is 0 Å². The van der Waals surface area contributed by atoms with Crippen molar-refractivity contribution in [3.63, 3.8) is 0 Å². The smallest absolute Gasteiger partial charge is 0.306 e. The lowest BCUT2D eigenvalue weighted by Crippen LogP contribution is -2.37. The summed E-state index contributed by atoms with van der Waals surface area (Å²) in [5, 5.41) is 0. The molecule has 0 heterocycles. The third kappa shape index (κ3) is 59.4. The summed E-state index contributed by atoms with van der Waals surface area (Å²) in [6.07, 6.45) is 80.7. The molecule has 0 bridgehead atoms. The highest BCUT2D eigenvalue weighted by atomic mass is 31.2. The zero-order valence-corrected chi connectivity index (χ0v) is 49.8. The highest BCUT2D eigenvalue weighted by Crippen LogP contribution is 2.38. The average Bonchev–Trinajstić information content (AvgIpc) is 3.38. The topological polar surface area (TPSA) is 111 Å². The molecule has 0 aliphatic rings. The van der Waals surface area contributed by atoms with E-state index in [-0.39, 0.29) is 26.1 Å². The third-order valence-corrected chi connectivity index (χ3v) is 13.1. The van der Waals surface area contributed by atoms with Gasteiger partial charge in [-0.05, 0) is 116 Å². The van der Waals surface area contributed by atoms with Gasteiger partial charge in [0.15, 0.2) is 6.10 Å². The van der Waals surface area contributed by atoms with Crippen LogP contribution in [0.2, 0.25) is 0 Å². The molecule has 0 saturated heterocycles. The van der Waals surface area contributed by atoms with Crippen molar-refractivity contribution in [1.82, 2.24) is 0 Å². The molecule has 0 fully saturated rings. The maximum atomic E-state index is 12.8. The lowest BCUT2D eigenvalue weighted by atomic mass is 10.1. The van der Waals surface area contributed by atoms with Gasteiger partial charge in [0.1, 0.15) is 19.8 Å². The van der Waals surface area contributed by atoms with Crippen molar-refractivity contribution < 1.29 is 42.1 Å². The Kier molecular flexibility index (Phi) is 53.1. The number of likely N-dealkylation sites (N-methyl/N-ethyl adjacent to an activating group) is 1. The zero-order valence-electron chi connectivity index (χ0n) is 48.9. The number of nitrogens with zero attached hydrogens (tertiary/aromatic N) is 1. The van der Waals surface area contributed by atoms with Crippen molar-refractivity contribution in [3.8, 4) is 0 Å². The van der Waals surface area contributed by atoms with Gasteiger partial charge < -0.3 is 27.9 Å². The summed E-state index contributed by atoms with van der Waals surface area (Å²) in [5.41, 5.74) is 0. The number of hydrogen-bond acceptors (Lipinski definition) is 8. The van der Waals surface area contributed by atoms with E-state index < -0.39 is 32.5 Å². The molecule has 9 nitrogen and oxygen atoms in total. The Balaban J connectivity index is 4.25. The molecule has 2 unspecified atom stereocenters. The molecule has 0 aliphatic heterocycles. The van der Waals surface area contributed by atoms with Gasteiger partial charge in [0.2, 0.25) is 0 Å². The SMILES string of the molecule is CC/C=C\C/C=C\C/C=C\C/C=C\C/C=C\C/C=C\C/C=C\C/C=C\C/C=C\C/C=C\CCCCCCC(=O)OC(COC(=O)CCCCCCCCC/C=C\CCCCCCCC)COP(=O)([O-])OCC[N+](C)(C)C. The molecule has 0 rings (SSSR count). The van der Waals surface area contributed by atoms with E-state index in [1.807, 2.05) is 21.1 Å². The van der Waals surface area contributed by atoms with Crippen molar-refractivity contribution in [2.75, 3.05) is 47.5 Å². The summed E-state index contributed by atoms with van der Waals surface area (Å²) in [6, 6.07) is 0. The Morgan fingerprint density at radius 3 is 1.13 bits per heavy atom. The van der Waals surface area contributed by atoms with Gasteiger partial charge >= 0.3 is 11.9 Å². The van der Waals surface area contributed by atoms with Crippen LogP contribution in [0.25, 0.3) is 0 Å². The molecule has 0 radical (unpaired) electrons. The molecular formula is C66H110NO8P. The van der Waals surface area contributed by atoms with Crippen LogP contribution in [0.15, 0.2) is 134 Å². The van der Waals surface area contributed by atoms with E-state index in [1.165, 1.54) is 64.2 Å². The third-order valence-electron chi connectivity index (χ3n) is 12.2. The minimum absolute atomic E-state index is 0.0438. The summed E-state index contributed by atoms with van der Waals surface area (Å²) in [7, 11) is 1.13. The molecule has 0 amide bonds. The van der Waals surface area contributed by atoms with Gasteiger partial charge in [0.25, 0.3) is 7.82 Å². The van der Waals surface area contributed by atoms with E-state index in [9.17, 15) is 19.0 Å². The molecule has 2 atom stereocenters. The molecule has 432 valence electrons. The number of unbranched alkanes of at least 4 members (excludes halogenated alkanes) is 17. The van der Waals surface area contributed by atoms with Gasteiger partial charge in [0, 0.05) is 12.8 Å². The van der Waals surface area contributed by atoms with E-state index in [0.29, 0.717) is 23.9 Å². The number of phosphoric ester groups is 1. The molecule has 10 heteroatoms. The number of allylic oxidation sites excluding steroid dienone is 22. The maximum Gasteiger partial charge on any atom is 0.306 e. The first-order valence-corrected chi connectivity index (χ1v) is 31.4. The molecule has 0 N–H and O–H groups in total. The normalized spacial score (nSPS) is 14.2. The van der Waals surface area contributed by atoms with E-state index in [0.717, 1.165) is 116 Å². The van der Waals surface area contributed by atoms with Crippen LogP contribution in [0, 0.1) is 0 Å². The number of hydrogen-bond donors (Lipinski definition) is 0. The van der Waals surface area contributed by atoms with Crippen LogP contribution >= 0.6 is 7.82 Å². The Hall–Kier alpha value is -3.85. The summed E-state index contributed by atoms with van der Waals surface area (Å²) < 4.78 is 34.1. The lowest BCUT2D eigenvalue weighted by Gasteiger charge is -2.28. The quantitative estimate of drug-likeness (QED) is 0.0195. The number of phosphoric acid groups is 1. The minimum Gasteiger partial charge on any atom is -0.756 e. The van der Waals surface area contributed by atoms with Crippen molar-refractivity contribution in [1.29, 1.82) is 0 Å². The van der Waals surface area contributed by atoms with E-state index in [2.05, 4.69) is 148 Å². The molecular weight excluding hydrogens is 966 g/mol. The van der Waals surface area contributed by atoms with Gasteiger partial charge in [-0.15, -0.1) is 0 Å². The standard InChI is InChI=1S/C66H110NO8P/c1-6-8-10-12-14-16-18-20-22-24-25-26-27-28-29-30-31-32-33-34-35-36-37-38-39-40-41-43-45-47-49-51-53-55-57-59-66(69)75-64(63-74-76(70,71)73-61-60-67(3,4)5)62-72-65(68)58-56-54-52-50-48-46-44-42-23-21-19-17-15-13-11-9-7-2/h8,10,14,16,20-23,25-26,28-29,31-32,34-35,37-38,40-41,45,47,64H,6-7,9,11-13,15,17-19,24,27,30,33,36,39,42-44,46,48-63H2,1-5H3/b10-8-,16-14-,22-20-,23-21-,26-25-,29-28-,32-31-,35-34-,38-37-,41-40-,47-45-. The zero-order chi connectivity index (χ0) is 55.6. The highest BCUT2D eigenvalue weighted by molar-refractivity contribution is 7.45. The van der Waals surface area contributed by atoms with Crippen LogP contribution in [0.1, 0.15) is 219 Å². The average molecular weight is 1080 g/mol. The van der Waals surface area contributed by atoms with Crippen molar-refractivity contribution in [2.45, 2.75) is 225 Å². The molecule has 76 heavy (non-hydrogen) atoms. The fraction of sp³-hybridized carbons (Fsp3) is 0.636. The second-order valence-electron chi connectivity index (χ2n) is 20.6. The first-order chi connectivity index (χ1) is 37.0. The minimum atomic E-state index is -4.65. The number of quaternary nitrogens is 1. The highest BCUT2D eigenvalue weighted by Gasteiger charge is 2.21. The summed E-state index contributed by atoms with van der Waals surface area (Å²) in [6.45, 7) is 4.07. The van der Waals surface area contributed by atoms with Crippen molar-refractivity contribution >= 4 is 19.8 Å². The number of carbonyl (C=O) groups excluding carboxylic acids is 2. The van der Waals surface area contributed by atoms with Crippen LogP contribution in [0.5, 0.6) is 0 Å². The van der Waals surface area contributed by atoms with Crippen molar-refractivity contribution in [3.05, 3.63) is 134 Å². The second-order valence-corrected chi connectivity index (χ2v) is 22.0. The lowest BCUT2D eigenvalue weighted by molar-refractivity contribution is -0.870. The number of rotatable bonds is 53. The molecule has 0 aliphatic carbocycles. The van der Waals surface area contributed by atoms with E-state index in [4.69, 9.17) is 18.5 Å². The fourth-order valence-electron chi connectivity index (χ4n) is 7.56. The predicted molar refractivity (Wildman–Crippen MR) is 323 cm³/mol. The van der Waals surface area contributed by atoms with Crippen LogP contribution < -0.4 is 4.89 Å². The Labute approximate surface area is 466 Å². The van der Waals surface area contributed by atoms with Gasteiger partial charge in [-0.3, -0.25) is 14.2 Å². The van der Waals surface area contributed by atoms with Gasteiger partial charge in [-0.2, -0.15) is 0 Å². The van der Waals surface area contributed by atoms with Gasteiger partial charge in [-0.25, -0.2) is 0 Å². The second kappa shape index (κ2) is 55.9. The summed E-state index contributed by atoms with van der Waals surface area (Å²) in [5.74, 6) is -0.876. The molecule has 0 spiro atoms. The summed E-state index contributed by atoms with van der Waals surface area (Å²) >= 11 is 0. The predicted octanol–water partition coefficient (Wildman–Crippen LogP) is 18.3. The number of esters is 2. The molecule has 0 aromatic rings. The Morgan fingerprint density at radius 1 is 0.421 bits per heavy atom. The van der Waals surface area contributed by atoms with E-state index >= 15 is 0 Å². The summed E-state index contributed by atoms with van der Waals surface area (Å²) in [4.78, 5) is 37.9. The van der Waals surface area contributed by atoms with Crippen LogP contribution in [0.4, 0.5) is 0 Å². The molecule has 0 aromatic heterocycles. The first kappa shape index (κ1) is 72.2. The van der Waals surface area contributed by atoms with Crippen LogP contribution in [-0.4, -0.2) is 70.0 Å². The largest absolute Gasteiger partial charge is 0.756 e. The van der Waals surface area contributed by atoms with Gasteiger partial charge in [0.05, 0.1) is 27.7 Å². The van der Waals surface area contributed by atoms with Crippen molar-refractivity contribution in [2.24, 2.45) is 0 Å².